The molecule has 0 aromatic heterocycles. The second kappa shape index (κ2) is 7.47. The molecule has 0 amide bonds. The van der Waals surface area contributed by atoms with Gasteiger partial charge in [0, 0.05) is 13.8 Å². The summed E-state index contributed by atoms with van der Waals surface area (Å²) in [4.78, 5) is 38.3. The summed E-state index contributed by atoms with van der Waals surface area (Å²) in [6.07, 6.45) is 3.43. The van der Waals surface area contributed by atoms with Gasteiger partial charge >= 0.3 is 11.9 Å². The van der Waals surface area contributed by atoms with Crippen LogP contribution in [0.15, 0.2) is 28.9 Å². The lowest BCUT2D eigenvalue weighted by Gasteiger charge is -2.09. The first-order valence-corrected chi connectivity index (χ1v) is 8.50. The van der Waals surface area contributed by atoms with E-state index < -0.39 is 11.9 Å². The van der Waals surface area contributed by atoms with Gasteiger partial charge in [0.2, 0.25) is 5.12 Å². The van der Waals surface area contributed by atoms with E-state index in [9.17, 15) is 14.4 Å². The van der Waals surface area contributed by atoms with Crippen molar-refractivity contribution in [2.75, 3.05) is 6.26 Å². The van der Waals surface area contributed by atoms with E-state index in [-0.39, 0.29) is 16.6 Å². The standard InChI is InChI=1S/C15H13NO5S2/c1-8(17)20-12-5-4-10(7-13(12)21-9(2)18)6-11-14(19)23-15(16-11)22-3/h4-7H,1-3H3/b11-6+. The monoisotopic (exact) mass is 351 g/mol. The molecule has 8 heteroatoms. The number of benzene rings is 1. The van der Waals surface area contributed by atoms with Gasteiger partial charge in [-0.15, -0.1) is 11.8 Å². The number of thioether (sulfide) groups is 2. The molecule has 0 fully saturated rings. The summed E-state index contributed by atoms with van der Waals surface area (Å²) in [7, 11) is 0. The van der Waals surface area contributed by atoms with Crippen LogP contribution in [0.25, 0.3) is 6.08 Å². The third kappa shape index (κ3) is 4.70. The lowest BCUT2D eigenvalue weighted by atomic mass is 10.1. The van der Waals surface area contributed by atoms with E-state index in [0.29, 0.717) is 15.6 Å². The maximum absolute atomic E-state index is 11.8. The Morgan fingerprint density at radius 3 is 2.39 bits per heavy atom. The third-order valence-corrected chi connectivity index (χ3v) is 4.41. The van der Waals surface area contributed by atoms with Crippen molar-refractivity contribution in [1.82, 2.24) is 0 Å². The van der Waals surface area contributed by atoms with Crippen LogP contribution in [-0.2, 0) is 14.4 Å². The number of esters is 2. The molecule has 1 aliphatic rings. The smallest absolute Gasteiger partial charge is 0.308 e. The number of carbonyl (C=O) groups excluding carboxylic acids is 3. The maximum Gasteiger partial charge on any atom is 0.308 e. The molecule has 1 aromatic carbocycles. The van der Waals surface area contributed by atoms with Crippen LogP contribution < -0.4 is 9.47 Å². The summed E-state index contributed by atoms with van der Waals surface area (Å²) in [5.41, 5.74) is 0.917. The van der Waals surface area contributed by atoms with E-state index in [4.69, 9.17) is 9.47 Å². The Morgan fingerprint density at radius 1 is 1.17 bits per heavy atom. The lowest BCUT2D eigenvalue weighted by molar-refractivity contribution is -0.134. The minimum absolute atomic E-state index is 0.106. The topological polar surface area (TPSA) is 82.0 Å². The fraction of sp³-hybridized carbons (Fsp3) is 0.200. The minimum atomic E-state index is -0.543. The molecule has 2 rings (SSSR count). The molecule has 0 spiro atoms. The maximum atomic E-state index is 11.8. The summed E-state index contributed by atoms with van der Waals surface area (Å²) < 4.78 is 10.7. The van der Waals surface area contributed by atoms with Crippen molar-refractivity contribution in [3.63, 3.8) is 0 Å². The van der Waals surface area contributed by atoms with Gasteiger partial charge in [0.15, 0.2) is 11.5 Å². The molecule has 120 valence electrons. The lowest BCUT2D eigenvalue weighted by Crippen LogP contribution is -2.07. The largest absolute Gasteiger partial charge is 0.423 e. The van der Waals surface area contributed by atoms with Crippen molar-refractivity contribution >= 4 is 51.0 Å². The van der Waals surface area contributed by atoms with Gasteiger partial charge < -0.3 is 9.47 Å². The van der Waals surface area contributed by atoms with E-state index >= 15 is 0 Å². The van der Waals surface area contributed by atoms with Crippen molar-refractivity contribution in [3.8, 4) is 11.5 Å². The molecule has 0 saturated carbocycles. The van der Waals surface area contributed by atoms with Crippen LogP contribution in [0.3, 0.4) is 0 Å². The molecule has 23 heavy (non-hydrogen) atoms. The van der Waals surface area contributed by atoms with Crippen molar-refractivity contribution in [2.45, 2.75) is 13.8 Å². The van der Waals surface area contributed by atoms with E-state index in [2.05, 4.69) is 4.99 Å². The van der Waals surface area contributed by atoms with Gasteiger partial charge in [0.05, 0.1) is 0 Å². The highest BCUT2D eigenvalue weighted by Crippen LogP contribution is 2.33. The predicted molar refractivity (Wildman–Crippen MR) is 90.6 cm³/mol. The fourth-order valence-electron chi connectivity index (χ4n) is 1.72. The van der Waals surface area contributed by atoms with E-state index in [1.807, 2.05) is 6.26 Å². The molecule has 0 aliphatic carbocycles. The molecule has 0 N–H and O–H groups in total. The highest BCUT2D eigenvalue weighted by atomic mass is 32.2. The molecular formula is C15H13NO5S2. The van der Waals surface area contributed by atoms with Crippen molar-refractivity contribution < 1.29 is 23.9 Å². The Kier molecular flexibility index (Phi) is 5.62. The van der Waals surface area contributed by atoms with Gasteiger partial charge in [-0.2, -0.15) is 0 Å². The zero-order valence-electron chi connectivity index (χ0n) is 12.6. The summed E-state index contributed by atoms with van der Waals surface area (Å²) in [5.74, 6) is -0.830. The number of carbonyl (C=O) groups is 3. The van der Waals surface area contributed by atoms with Gasteiger partial charge in [0.25, 0.3) is 0 Å². The van der Waals surface area contributed by atoms with Crippen LogP contribution in [0.4, 0.5) is 0 Å². The first-order chi connectivity index (χ1) is 10.9. The average molecular weight is 351 g/mol. The van der Waals surface area contributed by atoms with E-state index in [1.54, 1.807) is 12.1 Å². The summed E-state index contributed by atoms with van der Waals surface area (Å²) in [5, 5.41) is -0.146. The minimum Gasteiger partial charge on any atom is -0.423 e. The third-order valence-electron chi connectivity index (χ3n) is 2.55. The van der Waals surface area contributed by atoms with Crippen molar-refractivity contribution in [2.24, 2.45) is 4.99 Å². The van der Waals surface area contributed by atoms with Crippen LogP contribution in [0, 0.1) is 0 Å². The second-order valence-electron chi connectivity index (χ2n) is 4.39. The SMILES string of the molecule is CSC1=N/C(=C/c2ccc(OC(C)=O)c(OC(C)=O)c2)C(=O)S1. The highest BCUT2D eigenvalue weighted by molar-refractivity contribution is 8.45. The summed E-state index contributed by atoms with van der Waals surface area (Å²) in [6, 6.07) is 4.65. The number of aliphatic imine (C=N–C) groups is 1. The molecular weight excluding hydrogens is 338 g/mol. The van der Waals surface area contributed by atoms with Gasteiger partial charge in [-0.1, -0.05) is 6.07 Å². The van der Waals surface area contributed by atoms with Gasteiger partial charge in [-0.3, -0.25) is 14.4 Å². The van der Waals surface area contributed by atoms with Crippen LogP contribution >= 0.6 is 23.5 Å². The Morgan fingerprint density at radius 2 is 1.83 bits per heavy atom. The Hall–Kier alpha value is -2.06. The molecule has 6 nitrogen and oxygen atoms in total. The van der Waals surface area contributed by atoms with Crippen LogP contribution in [0.2, 0.25) is 0 Å². The normalized spacial score (nSPS) is 15.5. The van der Waals surface area contributed by atoms with Gasteiger partial charge in [0.1, 0.15) is 10.1 Å². The Bertz CT molecular complexity index is 739. The van der Waals surface area contributed by atoms with Crippen molar-refractivity contribution in [3.05, 3.63) is 29.5 Å². The first-order valence-electron chi connectivity index (χ1n) is 6.46. The van der Waals surface area contributed by atoms with Gasteiger partial charge in [-0.05, 0) is 41.8 Å². The molecule has 0 radical (unpaired) electrons. The Labute approximate surface area is 141 Å². The van der Waals surface area contributed by atoms with E-state index in [0.717, 1.165) is 11.8 Å². The summed E-state index contributed by atoms with van der Waals surface area (Å²) in [6.45, 7) is 2.50. The fourth-order valence-corrected chi connectivity index (χ4v) is 2.98. The van der Waals surface area contributed by atoms with Crippen LogP contribution in [-0.4, -0.2) is 27.7 Å². The number of ether oxygens (including phenoxy) is 2. The molecule has 0 saturated heterocycles. The number of hydrogen-bond acceptors (Lipinski definition) is 8. The molecule has 1 aromatic rings. The Balaban J connectivity index is 2.37. The zero-order valence-corrected chi connectivity index (χ0v) is 14.2. The molecule has 0 bridgehead atoms. The molecule has 1 aliphatic heterocycles. The summed E-state index contributed by atoms with van der Waals surface area (Å²) >= 11 is 2.47. The first kappa shape index (κ1) is 17.3. The van der Waals surface area contributed by atoms with E-state index in [1.165, 1.54) is 37.7 Å². The molecule has 0 atom stereocenters. The highest BCUT2D eigenvalue weighted by Gasteiger charge is 2.21. The number of nitrogens with zero attached hydrogens (tertiary/aromatic N) is 1. The molecule has 1 heterocycles. The quantitative estimate of drug-likeness (QED) is 0.470. The van der Waals surface area contributed by atoms with Crippen LogP contribution in [0.5, 0.6) is 11.5 Å². The predicted octanol–water partition coefficient (Wildman–Crippen LogP) is 2.87. The number of rotatable bonds is 3. The zero-order chi connectivity index (χ0) is 17.0. The average Bonchev–Trinajstić information content (AvgIpc) is 2.81. The van der Waals surface area contributed by atoms with Gasteiger partial charge in [-0.25, -0.2) is 4.99 Å². The van der Waals surface area contributed by atoms with Crippen LogP contribution in [0.1, 0.15) is 19.4 Å². The second-order valence-corrected chi connectivity index (χ2v) is 6.41. The van der Waals surface area contributed by atoms with Crippen molar-refractivity contribution in [1.29, 1.82) is 0 Å². The number of hydrogen-bond donors (Lipinski definition) is 0. The molecule has 0 unspecified atom stereocenters.